The fourth-order valence-corrected chi connectivity index (χ4v) is 1.83. The Morgan fingerprint density at radius 2 is 2.00 bits per heavy atom. The second-order valence-electron chi connectivity index (χ2n) is 5.35. The van der Waals surface area contributed by atoms with Gasteiger partial charge in [0.25, 0.3) is 5.91 Å². The molecule has 1 atom stereocenters. The lowest BCUT2D eigenvalue weighted by Crippen LogP contribution is -2.41. The van der Waals surface area contributed by atoms with Gasteiger partial charge >= 0.3 is 12.1 Å². The number of benzene rings is 1. The first-order valence-corrected chi connectivity index (χ1v) is 8.12. The van der Waals surface area contributed by atoms with Crippen LogP contribution < -0.4 is 32.0 Å². The maximum atomic E-state index is 12.2. The maximum Gasteiger partial charge on any atom is 0.408 e. The predicted molar refractivity (Wildman–Crippen MR) is 101 cm³/mol. The van der Waals surface area contributed by atoms with E-state index in [0.29, 0.717) is 5.75 Å². The summed E-state index contributed by atoms with van der Waals surface area (Å²) < 4.78 is 15.3. The number of guanidine groups is 1. The highest BCUT2D eigenvalue weighted by molar-refractivity contribution is 5.97. The first-order chi connectivity index (χ1) is 13.2. The zero-order chi connectivity index (χ0) is 21.1. The second kappa shape index (κ2) is 11.1. The molecule has 0 aromatic heterocycles. The number of nitrogens with one attached hydrogen (secondary N) is 1. The highest BCUT2D eigenvalue weighted by Gasteiger charge is 2.21. The summed E-state index contributed by atoms with van der Waals surface area (Å²) in [6.07, 6.45) is 0.553. The minimum Gasteiger partial charge on any atom is -0.492 e. The molecule has 2 amide bonds. The second-order valence-corrected chi connectivity index (χ2v) is 5.35. The van der Waals surface area contributed by atoms with Crippen LogP contribution in [0, 0.1) is 0 Å². The maximum absolute atomic E-state index is 12.2. The monoisotopic (exact) mass is 393 g/mol. The van der Waals surface area contributed by atoms with Gasteiger partial charge in [0.1, 0.15) is 30.8 Å². The third-order valence-corrected chi connectivity index (χ3v) is 3.10. The zero-order valence-electron chi connectivity index (χ0n) is 15.3. The molecule has 1 aromatic carbocycles. The van der Waals surface area contributed by atoms with Crippen LogP contribution in [-0.4, -0.2) is 49.7 Å². The smallest absolute Gasteiger partial charge is 0.408 e. The standard InChI is InChI=1S/C17H23N5O6/c1-3-7-27-17(25)22-10(2)15(24)28-13-9-11(4-5-12(13)14(18)23)26-8-6-21-16(19)20/h3-5,9-10H,1,6-8H2,2H3,(H2,18,23)(H,22,25)(H4,19,20,21)/t10-/m0/s1. The van der Waals surface area contributed by atoms with Crippen LogP contribution in [0.5, 0.6) is 11.5 Å². The molecule has 0 bridgehead atoms. The number of nitrogens with zero attached hydrogens (tertiary/aromatic N) is 1. The minimum atomic E-state index is -1.05. The van der Waals surface area contributed by atoms with E-state index in [1.165, 1.54) is 31.2 Å². The molecule has 0 saturated carbocycles. The van der Waals surface area contributed by atoms with Gasteiger partial charge in [0.05, 0.1) is 12.1 Å². The minimum absolute atomic E-state index is 0.0152. The van der Waals surface area contributed by atoms with E-state index in [-0.39, 0.29) is 37.0 Å². The predicted octanol–water partition coefficient (Wildman–Crippen LogP) is -0.356. The van der Waals surface area contributed by atoms with Gasteiger partial charge in [-0.2, -0.15) is 0 Å². The number of hydrogen-bond acceptors (Lipinski definition) is 7. The molecular weight excluding hydrogens is 370 g/mol. The van der Waals surface area contributed by atoms with Crippen molar-refractivity contribution in [2.24, 2.45) is 22.2 Å². The van der Waals surface area contributed by atoms with Crippen molar-refractivity contribution >= 4 is 23.9 Å². The Labute approximate surface area is 161 Å². The van der Waals surface area contributed by atoms with Crippen molar-refractivity contribution in [3.05, 3.63) is 36.4 Å². The van der Waals surface area contributed by atoms with E-state index < -0.39 is 24.0 Å². The molecule has 28 heavy (non-hydrogen) atoms. The van der Waals surface area contributed by atoms with Gasteiger partial charge in [-0.1, -0.05) is 12.7 Å². The Morgan fingerprint density at radius 3 is 2.61 bits per heavy atom. The lowest BCUT2D eigenvalue weighted by atomic mass is 10.2. The number of hydrogen-bond donors (Lipinski definition) is 4. The van der Waals surface area contributed by atoms with Crippen LogP contribution in [0.2, 0.25) is 0 Å². The molecule has 0 aliphatic carbocycles. The molecule has 0 aliphatic heterocycles. The summed E-state index contributed by atoms with van der Waals surface area (Å²) in [5.41, 5.74) is 15.7. The first kappa shape index (κ1) is 22.3. The van der Waals surface area contributed by atoms with Crippen LogP contribution in [0.1, 0.15) is 17.3 Å². The zero-order valence-corrected chi connectivity index (χ0v) is 15.3. The number of nitrogens with two attached hydrogens (primary N) is 3. The van der Waals surface area contributed by atoms with Gasteiger partial charge in [-0.25, -0.2) is 9.59 Å². The van der Waals surface area contributed by atoms with Crippen molar-refractivity contribution in [3.63, 3.8) is 0 Å². The molecule has 0 spiro atoms. The molecule has 152 valence electrons. The number of ether oxygens (including phenoxy) is 3. The summed E-state index contributed by atoms with van der Waals surface area (Å²) in [4.78, 5) is 39.0. The average molecular weight is 393 g/mol. The summed E-state index contributed by atoms with van der Waals surface area (Å²) in [6.45, 7) is 5.13. The third-order valence-electron chi connectivity index (χ3n) is 3.10. The Morgan fingerprint density at radius 1 is 1.29 bits per heavy atom. The molecule has 11 nitrogen and oxygen atoms in total. The summed E-state index contributed by atoms with van der Waals surface area (Å²) in [5.74, 6) is -1.54. The molecule has 0 radical (unpaired) electrons. The SMILES string of the molecule is C=CCOC(=O)N[C@@H](C)C(=O)Oc1cc(OCCN=C(N)N)ccc1C(N)=O. The van der Waals surface area contributed by atoms with Crippen molar-refractivity contribution in [1.82, 2.24) is 5.32 Å². The van der Waals surface area contributed by atoms with Crippen molar-refractivity contribution < 1.29 is 28.6 Å². The molecule has 11 heteroatoms. The lowest BCUT2D eigenvalue weighted by molar-refractivity contribution is -0.136. The highest BCUT2D eigenvalue weighted by Crippen LogP contribution is 2.25. The summed E-state index contributed by atoms with van der Waals surface area (Å²) in [6, 6.07) is 3.08. The van der Waals surface area contributed by atoms with Gasteiger partial charge in [0.2, 0.25) is 0 Å². The molecule has 1 aromatic rings. The number of rotatable bonds is 10. The quantitative estimate of drug-likeness (QED) is 0.104. The molecule has 0 heterocycles. The van der Waals surface area contributed by atoms with E-state index in [9.17, 15) is 14.4 Å². The third kappa shape index (κ3) is 7.64. The summed E-state index contributed by atoms with van der Waals surface area (Å²) >= 11 is 0. The van der Waals surface area contributed by atoms with Gasteiger partial charge in [-0.05, 0) is 19.1 Å². The van der Waals surface area contributed by atoms with Crippen molar-refractivity contribution in [2.75, 3.05) is 19.8 Å². The van der Waals surface area contributed by atoms with E-state index in [1.54, 1.807) is 0 Å². The fraction of sp³-hybridized carbons (Fsp3) is 0.294. The number of esters is 1. The van der Waals surface area contributed by atoms with Crippen LogP contribution in [0.4, 0.5) is 4.79 Å². The molecule has 0 aliphatic rings. The molecule has 0 saturated heterocycles. The van der Waals surface area contributed by atoms with Crippen molar-refractivity contribution in [3.8, 4) is 11.5 Å². The normalized spacial score (nSPS) is 10.9. The highest BCUT2D eigenvalue weighted by atomic mass is 16.6. The summed E-state index contributed by atoms with van der Waals surface area (Å²) in [5, 5.41) is 2.28. The van der Waals surface area contributed by atoms with E-state index >= 15 is 0 Å². The van der Waals surface area contributed by atoms with E-state index in [1.807, 2.05) is 0 Å². The van der Waals surface area contributed by atoms with Crippen LogP contribution in [0.15, 0.2) is 35.8 Å². The van der Waals surface area contributed by atoms with E-state index in [4.69, 9.17) is 31.4 Å². The number of aliphatic imine (C=N–C) groups is 1. The van der Waals surface area contributed by atoms with Crippen LogP contribution >= 0.6 is 0 Å². The molecule has 7 N–H and O–H groups in total. The number of alkyl carbamates (subject to hydrolysis) is 1. The first-order valence-electron chi connectivity index (χ1n) is 8.12. The van der Waals surface area contributed by atoms with Crippen LogP contribution in [0.25, 0.3) is 0 Å². The largest absolute Gasteiger partial charge is 0.492 e. The Bertz CT molecular complexity index is 760. The Balaban J connectivity index is 2.82. The topological polar surface area (TPSA) is 181 Å². The molecule has 0 unspecified atom stereocenters. The van der Waals surface area contributed by atoms with Gasteiger partial charge in [0, 0.05) is 6.07 Å². The molecule has 0 fully saturated rings. The van der Waals surface area contributed by atoms with Gasteiger partial charge in [-0.3, -0.25) is 9.79 Å². The number of carbonyl (C=O) groups is 3. The Hall–Kier alpha value is -3.76. The van der Waals surface area contributed by atoms with Crippen molar-refractivity contribution in [2.45, 2.75) is 13.0 Å². The van der Waals surface area contributed by atoms with Crippen LogP contribution in [0.3, 0.4) is 0 Å². The fourth-order valence-electron chi connectivity index (χ4n) is 1.83. The summed E-state index contributed by atoms with van der Waals surface area (Å²) in [7, 11) is 0. The average Bonchev–Trinajstić information content (AvgIpc) is 2.63. The number of carbonyl (C=O) groups excluding carboxylic acids is 3. The number of amides is 2. The number of primary amides is 1. The molecule has 1 rings (SSSR count). The van der Waals surface area contributed by atoms with E-state index in [2.05, 4.69) is 16.9 Å². The Kier molecular flexibility index (Phi) is 8.80. The lowest BCUT2D eigenvalue weighted by Gasteiger charge is -2.15. The molecular formula is C17H23N5O6. The van der Waals surface area contributed by atoms with E-state index in [0.717, 1.165) is 0 Å². The van der Waals surface area contributed by atoms with Gasteiger partial charge < -0.3 is 36.7 Å². The van der Waals surface area contributed by atoms with Crippen LogP contribution in [-0.2, 0) is 9.53 Å². The van der Waals surface area contributed by atoms with Gasteiger partial charge in [-0.15, -0.1) is 0 Å². The van der Waals surface area contributed by atoms with Crippen molar-refractivity contribution in [1.29, 1.82) is 0 Å². The van der Waals surface area contributed by atoms with Gasteiger partial charge in [0.15, 0.2) is 5.96 Å².